The van der Waals surface area contributed by atoms with Gasteiger partial charge in [0.1, 0.15) is 5.57 Å². The summed E-state index contributed by atoms with van der Waals surface area (Å²) in [7, 11) is 0. The number of nitrogens with zero attached hydrogens (tertiary/aromatic N) is 2. The molecule has 1 aliphatic rings. The third kappa shape index (κ3) is 3.51. The van der Waals surface area contributed by atoms with Crippen LogP contribution in [0.25, 0.3) is 11.8 Å². The maximum absolute atomic E-state index is 13.1. The molecule has 150 valence electrons. The summed E-state index contributed by atoms with van der Waals surface area (Å²) in [5.41, 5.74) is 2.45. The molecule has 0 atom stereocenters. The Morgan fingerprint density at radius 2 is 1.73 bits per heavy atom. The Bertz CT molecular complexity index is 1230. The first-order valence-electron chi connectivity index (χ1n) is 8.96. The van der Waals surface area contributed by atoms with Gasteiger partial charge in [0.2, 0.25) is 0 Å². The molecule has 2 heterocycles. The Morgan fingerprint density at radius 1 is 0.967 bits per heavy atom. The quantitative estimate of drug-likeness (QED) is 0.472. The number of hydrogen-bond donors (Lipinski definition) is 1. The minimum absolute atomic E-state index is 0.0412. The Balaban J connectivity index is 1.78. The zero-order valence-electron chi connectivity index (χ0n) is 15.7. The molecule has 1 N–H and O–H groups in total. The summed E-state index contributed by atoms with van der Waals surface area (Å²) in [5, 5.41) is 2.41. The number of urea groups is 1. The Morgan fingerprint density at radius 3 is 2.50 bits per heavy atom. The molecular weight excluding hydrogens is 425 g/mol. The van der Waals surface area contributed by atoms with E-state index < -0.39 is 17.8 Å². The van der Waals surface area contributed by atoms with Gasteiger partial charge in [-0.1, -0.05) is 41.4 Å². The van der Waals surface area contributed by atoms with E-state index in [0.29, 0.717) is 5.69 Å². The van der Waals surface area contributed by atoms with Crippen molar-refractivity contribution in [3.8, 4) is 5.69 Å². The lowest BCUT2D eigenvalue weighted by molar-refractivity contribution is -0.122. The van der Waals surface area contributed by atoms with Crippen molar-refractivity contribution >= 4 is 52.8 Å². The van der Waals surface area contributed by atoms with Crippen molar-refractivity contribution in [2.24, 2.45) is 0 Å². The number of aryl methyl sites for hydroxylation is 1. The lowest BCUT2D eigenvalue weighted by atomic mass is 10.1. The molecule has 3 aromatic rings. The molecule has 8 heteroatoms. The van der Waals surface area contributed by atoms with Crippen LogP contribution in [0.4, 0.5) is 10.5 Å². The summed E-state index contributed by atoms with van der Waals surface area (Å²) in [6, 6.07) is 15.0. The molecule has 1 aromatic heterocycles. The highest BCUT2D eigenvalue weighted by molar-refractivity contribution is 6.46. The summed E-state index contributed by atoms with van der Waals surface area (Å²) >= 11 is 12.2. The molecular formula is C22H15Cl2N3O3. The largest absolute Gasteiger partial charge is 0.336 e. The first-order valence-corrected chi connectivity index (χ1v) is 9.72. The van der Waals surface area contributed by atoms with E-state index in [0.717, 1.165) is 16.2 Å². The van der Waals surface area contributed by atoms with E-state index in [9.17, 15) is 14.4 Å². The summed E-state index contributed by atoms with van der Waals surface area (Å²) in [6.45, 7) is 1.97. The van der Waals surface area contributed by atoms with Crippen LogP contribution in [0.3, 0.4) is 0 Å². The molecule has 6 nitrogen and oxygen atoms in total. The number of barbiturate groups is 1. The van der Waals surface area contributed by atoms with E-state index in [2.05, 4.69) is 5.32 Å². The van der Waals surface area contributed by atoms with E-state index in [4.69, 9.17) is 23.2 Å². The van der Waals surface area contributed by atoms with Gasteiger partial charge in [0.25, 0.3) is 11.8 Å². The number of nitrogens with one attached hydrogen (secondary N) is 1. The van der Waals surface area contributed by atoms with Crippen molar-refractivity contribution in [1.29, 1.82) is 0 Å². The van der Waals surface area contributed by atoms with Gasteiger partial charge in [-0.3, -0.25) is 14.9 Å². The number of hydrogen-bond acceptors (Lipinski definition) is 3. The van der Waals surface area contributed by atoms with Crippen molar-refractivity contribution in [3.05, 3.63) is 87.7 Å². The first-order chi connectivity index (χ1) is 14.4. The number of carbonyl (C=O) groups is 3. The average molecular weight is 440 g/mol. The van der Waals surface area contributed by atoms with Gasteiger partial charge in [-0.05, 0) is 55.0 Å². The first kappa shape index (κ1) is 19.9. The van der Waals surface area contributed by atoms with E-state index in [1.165, 1.54) is 18.2 Å². The standard InChI is InChI=1S/C22H15Cl2N3O3/c1-13-5-2-6-14(11-13)26-10-4-7-15(26)12-16-20(28)25-22(30)27(21(16)29)18-9-3-8-17(23)19(18)24/h2-12H,1H3,(H,25,28,30)/b16-12+. The fraction of sp³-hybridized carbons (Fsp3) is 0.0455. The van der Waals surface area contributed by atoms with Gasteiger partial charge in [-0.2, -0.15) is 0 Å². The molecule has 4 rings (SSSR count). The molecule has 0 unspecified atom stereocenters. The number of anilines is 1. The topological polar surface area (TPSA) is 71.4 Å². The predicted molar refractivity (Wildman–Crippen MR) is 116 cm³/mol. The van der Waals surface area contributed by atoms with E-state index in [1.54, 1.807) is 18.2 Å². The number of carbonyl (C=O) groups excluding carboxylic acids is 3. The van der Waals surface area contributed by atoms with Crippen LogP contribution in [-0.4, -0.2) is 22.4 Å². The number of amides is 4. The smallest absolute Gasteiger partial charge is 0.317 e. The average Bonchev–Trinajstić information content (AvgIpc) is 3.16. The van der Waals surface area contributed by atoms with Crippen LogP contribution in [0.1, 0.15) is 11.3 Å². The summed E-state index contributed by atoms with van der Waals surface area (Å²) < 4.78 is 1.84. The van der Waals surface area contributed by atoms with E-state index in [-0.39, 0.29) is 21.3 Å². The van der Waals surface area contributed by atoms with Crippen molar-refractivity contribution < 1.29 is 14.4 Å². The lowest BCUT2D eigenvalue weighted by Crippen LogP contribution is -2.54. The maximum Gasteiger partial charge on any atom is 0.336 e. The van der Waals surface area contributed by atoms with Crippen molar-refractivity contribution in [2.45, 2.75) is 6.92 Å². The number of halogens is 2. The zero-order valence-corrected chi connectivity index (χ0v) is 17.2. The Labute approximate surface area is 182 Å². The SMILES string of the molecule is Cc1cccc(-n2cccc2/C=C2\C(=O)NC(=O)N(c3cccc(Cl)c3Cl)C2=O)c1. The monoisotopic (exact) mass is 439 g/mol. The molecule has 4 amide bonds. The molecule has 0 bridgehead atoms. The highest BCUT2D eigenvalue weighted by atomic mass is 35.5. The molecule has 1 fully saturated rings. The second-order valence-electron chi connectivity index (χ2n) is 6.67. The maximum atomic E-state index is 13.1. The van der Waals surface area contributed by atoms with Crippen LogP contribution in [0.2, 0.25) is 10.0 Å². The summed E-state index contributed by atoms with van der Waals surface area (Å²) in [4.78, 5) is 38.8. The second kappa shape index (κ2) is 7.82. The molecule has 2 aromatic carbocycles. The number of aromatic nitrogens is 1. The number of imide groups is 2. The van der Waals surface area contributed by atoms with Crippen LogP contribution < -0.4 is 10.2 Å². The van der Waals surface area contributed by atoms with Crippen LogP contribution in [0, 0.1) is 6.92 Å². The Hall–Kier alpha value is -3.35. The lowest BCUT2D eigenvalue weighted by Gasteiger charge is -2.27. The second-order valence-corrected chi connectivity index (χ2v) is 7.46. The van der Waals surface area contributed by atoms with Gasteiger partial charge in [0.05, 0.1) is 15.7 Å². The van der Waals surface area contributed by atoms with Crippen molar-refractivity contribution in [1.82, 2.24) is 9.88 Å². The minimum Gasteiger partial charge on any atom is -0.317 e. The fourth-order valence-corrected chi connectivity index (χ4v) is 3.59. The van der Waals surface area contributed by atoms with Gasteiger partial charge < -0.3 is 4.57 Å². The molecule has 1 saturated heterocycles. The van der Waals surface area contributed by atoms with Crippen LogP contribution in [-0.2, 0) is 9.59 Å². The third-order valence-electron chi connectivity index (χ3n) is 4.63. The van der Waals surface area contributed by atoms with Crippen LogP contribution in [0.15, 0.2) is 66.4 Å². The highest BCUT2D eigenvalue weighted by Gasteiger charge is 2.38. The summed E-state index contributed by atoms with van der Waals surface area (Å²) in [5.74, 6) is -1.57. The zero-order chi connectivity index (χ0) is 21.4. The Kier molecular flexibility index (Phi) is 5.20. The van der Waals surface area contributed by atoms with E-state index in [1.807, 2.05) is 42.0 Å². The van der Waals surface area contributed by atoms with E-state index >= 15 is 0 Å². The van der Waals surface area contributed by atoms with Gasteiger partial charge in [-0.25, -0.2) is 9.69 Å². The third-order valence-corrected chi connectivity index (χ3v) is 5.44. The molecule has 0 aliphatic carbocycles. The molecule has 0 saturated carbocycles. The van der Waals surface area contributed by atoms with Crippen molar-refractivity contribution in [3.63, 3.8) is 0 Å². The van der Waals surface area contributed by atoms with Gasteiger partial charge >= 0.3 is 6.03 Å². The number of rotatable bonds is 3. The van der Waals surface area contributed by atoms with Gasteiger partial charge in [0, 0.05) is 17.6 Å². The highest BCUT2D eigenvalue weighted by Crippen LogP contribution is 2.34. The molecule has 0 radical (unpaired) electrons. The number of benzene rings is 2. The molecule has 0 spiro atoms. The molecule has 30 heavy (non-hydrogen) atoms. The van der Waals surface area contributed by atoms with Crippen LogP contribution >= 0.6 is 23.2 Å². The normalized spacial score (nSPS) is 15.6. The molecule has 1 aliphatic heterocycles. The van der Waals surface area contributed by atoms with Crippen LogP contribution in [0.5, 0.6) is 0 Å². The fourth-order valence-electron chi connectivity index (χ4n) is 3.21. The van der Waals surface area contributed by atoms with Gasteiger partial charge in [0.15, 0.2) is 0 Å². The summed E-state index contributed by atoms with van der Waals surface area (Å²) in [6.07, 6.45) is 3.26. The van der Waals surface area contributed by atoms with Crippen molar-refractivity contribution in [2.75, 3.05) is 4.90 Å². The minimum atomic E-state index is -0.889. The van der Waals surface area contributed by atoms with Gasteiger partial charge in [-0.15, -0.1) is 0 Å². The predicted octanol–water partition coefficient (Wildman–Crippen LogP) is 4.76.